The molecule has 2 heterocycles. The first-order valence-corrected chi connectivity index (χ1v) is 7.01. The number of aromatic nitrogens is 3. The normalized spacial score (nSPS) is 11.3. The summed E-state index contributed by atoms with van der Waals surface area (Å²) in [4.78, 5) is 4.49. The number of rotatable bonds is 4. The molecule has 0 aliphatic carbocycles. The van der Waals surface area contributed by atoms with Gasteiger partial charge >= 0.3 is 0 Å². The van der Waals surface area contributed by atoms with Crippen molar-refractivity contribution in [1.82, 2.24) is 14.3 Å². The van der Waals surface area contributed by atoms with E-state index in [4.69, 9.17) is 11.6 Å². The Hall–Kier alpha value is -2.33. The first kappa shape index (κ1) is 13.6. The van der Waals surface area contributed by atoms with Crippen LogP contribution >= 0.6 is 11.6 Å². The summed E-state index contributed by atoms with van der Waals surface area (Å²) >= 11 is 5.86. The van der Waals surface area contributed by atoms with Gasteiger partial charge in [0.05, 0.1) is 12.7 Å². The molecule has 4 nitrogen and oxygen atoms in total. The van der Waals surface area contributed by atoms with Crippen LogP contribution in [-0.2, 0) is 13.6 Å². The van der Waals surface area contributed by atoms with E-state index in [-0.39, 0.29) is 0 Å². The predicted molar refractivity (Wildman–Crippen MR) is 85.3 cm³/mol. The summed E-state index contributed by atoms with van der Waals surface area (Å²) in [7, 11) is 1.93. The van der Waals surface area contributed by atoms with Crippen LogP contribution in [0, 0.1) is 0 Å². The molecule has 0 amide bonds. The molecule has 106 valence electrons. The van der Waals surface area contributed by atoms with Gasteiger partial charge in [0, 0.05) is 36.2 Å². The molecule has 0 spiro atoms. The van der Waals surface area contributed by atoms with Gasteiger partial charge < -0.3 is 4.57 Å². The third-order valence-electron chi connectivity index (χ3n) is 3.20. The third kappa shape index (κ3) is 3.06. The van der Waals surface area contributed by atoms with Crippen molar-refractivity contribution in [2.24, 2.45) is 12.0 Å². The topological polar surface area (TPSA) is 35.1 Å². The first-order chi connectivity index (χ1) is 10.2. The van der Waals surface area contributed by atoms with E-state index in [0.717, 1.165) is 22.0 Å². The standard InChI is InChI=1S/C16H15ClN4/c1-20-16(21-8-2-3-9-21)14(12-19-20)11-18-10-13-4-6-15(17)7-5-13/h2-10,12H,11H2,1H3. The molecule has 0 unspecified atom stereocenters. The highest BCUT2D eigenvalue weighted by molar-refractivity contribution is 6.30. The first-order valence-electron chi connectivity index (χ1n) is 6.63. The van der Waals surface area contributed by atoms with Gasteiger partial charge in [-0.25, -0.2) is 0 Å². The van der Waals surface area contributed by atoms with Crippen LogP contribution in [0.25, 0.3) is 5.82 Å². The van der Waals surface area contributed by atoms with E-state index in [1.165, 1.54) is 0 Å². The van der Waals surface area contributed by atoms with Crippen molar-refractivity contribution in [2.75, 3.05) is 0 Å². The van der Waals surface area contributed by atoms with E-state index in [0.29, 0.717) is 6.54 Å². The second-order valence-electron chi connectivity index (χ2n) is 4.73. The maximum absolute atomic E-state index is 5.86. The van der Waals surface area contributed by atoms with E-state index in [1.54, 1.807) is 0 Å². The number of nitrogens with zero attached hydrogens (tertiary/aromatic N) is 4. The second kappa shape index (κ2) is 5.97. The maximum Gasteiger partial charge on any atom is 0.139 e. The molecule has 0 aliphatic rings. The van der Waals surface area contributed by atoms with Gasteiger partial charge in [-0.15, -0.1) is 0 Å². The van der Waals surface area contributed by atoms with Crippen LogP contribution in [0.4, 0.5) is 0 Å². The molecule has 5 heteroatoms. The van der Waals surface area contributed by atoms with Crippen LogP contribution in [0.5, 0.6) is 0 Å². The van der Waals surface area contributed by atoms with Gasteiger partial charge in [-0.3, -0.25) is 9.67 Å². The fourth-order valence-electron chi connectivity index (χ4n) is 2.19. The molecule has 3 aromatic rings. The molecule has 0 saturated heterocycles. The molecule has 21 heavy (non-hydrogen) atoms. The van der Waals surface area contributed by atoms with Crippen molar-refractivity contribution in [3.8, 4) is 5.82 Å². The SMILES string of the molecule is Cn1ncc(CN=Cc2ccc(Cl)cc2)c1-n1cccc1. The summed E-state index contributed by atoms with van der Waals surface area (Å²) in [6.45, 7) is 0.587. The molecule has 0 N–H and O–H groups in total. The highest BCUT2D eigenvalue weighted by Crippen LogP contribution is 2.15. The van der Waals surface area contributed by atoms with E-state index in [1.807, 2.05) is 77.5 Å². The number of aryl methyl sites for hydroxylation is 1. The van der Waals surface area contributed by atoms with Gasteiger partial charge in [-0.2, -0.15) is 5.10 Å². The van der Waals surface area contributed by atoms with Gasteiger partial charge in [0.1, 0.15) is 5.82 Å². The van der Waals surface area contributed by atoms with E-state index in [2.05, 4.69) is 10.1 Å². The largest absolute Gasteiger partial charge is 0.309 e. The zero-order valence-corrected chi connectivity index (χ0v) is 12.4. The average molecular weight is 299 g/mol. The minimum Gasteiger partial charge on any atom is -0.309 e. The van der Waals surface area contributed by atoms with Crippen molar-refractivity contribution in [2.45, 2.75) is 6.54 Å². The Labute approximate surface area is 128 Å². The third-order valence-corrected chi connectivity index (χ3v) is 3.45. The Morgan fingerprint density at radius 1 is 1.19 bits per heavy atom. The molecule has 0 bridgehead atoms. The summed E-state index contributed by atoms with van der Waals surface area (Å²) in [5.41, 5.74) is 2.12. The smallest absolute Gasteiger partial charge is 0.139 e. The summed E-state index contributed by atoms with van der Waals surface area (Å²) in [5, 5.41) is 5.05. The van der Waals surface area contributed by atoms with Crippen LogP contribution in [0.1, 0.15) is 11.1 Å². The van der Waals surface area contributed by atoms with Gasteiger partial charge in [0.25, 0.3) is 0 Å². The Morgan fingerprint density at radius 3 is 2.62 bits per heavy atom. The summed E-state index contributed by atoms with van der Waals surface area (Å²) < 4.78 is 3.90. The zero-order valence-electron chi connectivity index (χ0n) is 11.6. The lowest BCUT2D eigenvalue weighted by molar-refractivity contribution is 0.728. The molecular weight excluding hydrogens is 284 g/mol. The molecule has 0 fully saturated rings. The average Bonchev–Trinajstić information content (AvgIpc) is 3.11. The molecule has 3 rings (SSSR count). The monoisotopic (exact) mass is 298 g/mol. The van der Waals surface area contributed by atoms with Gasteiger partial charge in [0.2, 0.25) is 0 Å². The van der Waals surface area contributed by atoms with Crippen molar-refractivity contribution < 1.29 is 0 Å². The lowest BCUT2D eigenvalue weighted by Gasteiger charge is -2.05. The number of halogens is 1. The van der Waals surface area contributed by atoms with Gasteiger partial charge in [-0.1, -0.05) is 23.7 Å². The Kier molecular flexibility index (Phi) is 3.88. The van der Waals surface area contributed by atoms with E-state index in [9.17, 15) is 0 Å². The Morgan fingerprint density at radius 2 is 1.90 bits per heavy atom. The minimum absolute atomic E-state index is 0.587. The summed E-state index contributed by atoms with van der Waals surface area (Å²) in [5.74, 6) is 1.04. The molecular formula is C16H15ClN4. The van der Waals surface area contributed by atoms with Crippen molar-refractivity contribution >= 4 is 17.8 Å². The summed E-state index contributed by atoms with van der Waals surface area (Å²) in [6.07, 6.45) is 7.71. The van der Waals surface area contributed by atoms with Crippen LogP contribution < -0.4 is 0 Å². The number of benzene rings is 1. The minimum atomic E-state index is 0.587. The highest BCUT2D eigenvalue weighted by atomic mass is 35.5. The lowest BCUT2D eigenvalue weighted by atomic mass is 10.2. The Balaban J connectivity index is 1.78. The fourth-order valence-corrected chi connectivity index (χ4v) is 2.32. The van der Waals surface area contributed by atoms with E-state index < -0.39 is 0 Å². The molecule has 0 aliphatic heterocycles. The quantitative estimate of drug-likeness (QED) is 0.679. The molecule has 0 radical (unpaired) electrons. The maximum atomic E-state index is 5.86. The fraction of sp³-hybridized carbons (Fsp3) is 0.125. The molecule has 1 aromatic carbocycles. The number of hydrogen-bond acceptors (Lipinski definition) is 2. The van der Waals surface area contributed by atoms with Crippen LogP contribution in [0.3, 0.4) is 0 Å². The zero-order chi connectivity index (χ0) is 14.7. The van der Waals surface area contributed by atoms with E-state index >= 15 is 0 Å². The van der Waals surface area contributed by atoms with Crippen LogP contribution in [0.15, 0.2) is 60.0 Å². The Bertz CT molecular complexity index is 739. The van der Waals surface area contributed by atoms with Crippen LogP contribution in [0.2, 0.25) is 5.02 Å². The van der Waals surface area contributed by atoms with Crippen molar-refractivity contribution in [3.05, 3.63) is 71.1 Å². The van der Waals surface area contributed by atoms with Crippen molar-refractivity contribution in [1.29, 1.82) is 0 Å². The number of hydrogen-bond donors (Lipinski definition) is 0. The summed E-state index contributed by atoms with van der Waals surface area (Å²) in [6, 6.07) is 11.6. The van der Waals surface area contributed by atoms with Gasteiger partial charge in [-0.05, 0) is 29.8 Å². The second-order valence-corrected chi connectivity index (χ2v) is 5.17. The molecule has 0 atom stereocenters. The van der Waals surface area contributed by atoms with Crippen molar-refractivity contribution in [3.63, 3.8) is 0 Å². The molecule has 0 saturated carbocycles. The molecule has 2 aromatic heterocycles. The lowest BCUT2D eigenvalue weighted by Crippen LogP contribution is -2.02. The van der Waals surface area contributed by atoms with Crippen LogP contribution in [-0.4, -0.2) is 20.6 Å². The number of aliphatic imine (C=N–C) groups is 1. The predicted octanol–water partition coefficient (Wildman–Crippen LogP) is 3.48. The van der Waals surface area contributed by atoms with Gasteiger partial charge in [0.15, 0.2) is 0 Å². The highest BCUT2D eigenvalue weighted by Gasteiger charge is 2.08.